The van der Waals surface area contributed by atoms with Gasteiger partial charge in [-0.25, -0.2) is 0 Å². The van der Waals surface area contributed by atoms with Gasteiger partial charge in [0.05, 0.1) is 0 Å². The molecular formula is H11HgN2PS. The molecule has 0 aromatic heterocycles. The summed E-state index contributed by atoms with van der Waals surface area (Å²) >= 11 is 0. The minimum Gasteiger partial charge on any atom is -0.344 e. The van der Waals surface area contributed by atoms with Gasteiger partial charge in [0, 0.05) is 27.7 Å². The van der Waals surface area contributed by atoms with E-state index in [0.29, 0.717) is 0 Å². The third kappa shape index (κ3) is 27.9. The average Bonchev–Trinajstić information content (AvgIpc) is 0. The Morgan fingerprint density at radius 1 is 0.800 bits per heavy atom. The minimum absolute atomic E-state index is 0. The molecule has 0 rings (SSSR count). The normalized spacial score (nSPS) is 0. The predicted molar refractivity (Wildman–Crippen MR) is 31.5 cm³/mol. The fourth-order valence-electron chi connectivity index (χ4n) is 0. The van der Waals surface area contributed by atoms with Gasteiger partial charge in [0.1, 0.15) is 0 Å². The van der Waals surface area contributed by atoms with Gasteiger partial charge < -0.3 is 12.3 Å². The summed E-state index contributed by atoms with van der Waals surface area (Å²) in [6, 6.07) is 0. The average molecular weight is 303 g/mol. The predicted octanol–water partition coefficient (Wildman–Crippen LogP) is 0.492. The van der Waals surface area contributed by atoms with E-state index < -0.39 is 0 Å². The molecule has 1 unspecified atom stereocenters. The number of hydrogen-bond donors (Lipinski definition) is 2. The molecule has 0 radical (unpaired) electrons. The van der Waals surface area contributed by atoms with Crippen molar-refractivity contribution in [3.63, 3.8) is 0 Å². The van der Waals surface area contributed by atoms with E-state index in [2.05, 4.69) is 0 Å². The maximum atomic E-state index is 0. The topological polar surface area (TPSA) is 70.0 Å². The first-order valence-corrected chi connectivity index (χ1v) is 0. The molecule has 5 heteroatoms. The van der Waals surface area contributed by atoms with Gasteiger partial charge in [-0.2, -0.15) is 23.4 Å². The fourth-order valence-corrected chi connectivity index (χ4v) is 0. The SMILES string of the molecule is N.N.P.S.[Hg]. The summed E-state index contributed by atoms with van der Waals surface area (Å²) in [5.74, 6) is 0. The van der Waals surface area contributed by atoms with Crippen LogP contribution in [-0.4, -0.2) is 0 Å². The molecule has 0 aliphatic carbocycles. The van der Waals surface area contributed by atoms with Crippen molar-refractivity contribution in [2.24, 2.45) is 0 Å². The molecule has 0 saturated carbocycles. The van der Waals surface area contributed by atoms with Crippen molar-refractivity contribution < 1.29 is 27.7 Å². The van der Waals surface area contributed by atoms with Crippen molar-refractivity contribution >= 4 is 23.4 Å². The van der Waals surface area contributed by atoms with Crippen LogP contribution in [0.3, 0.4) is 0 Å². The van der Waals surface area contributed by atoms with Crippen molar-refractivity contribution in [1.29, 1.82) is 0 Å². The maximum absolute atomic E-state index is 0. The van der Waals surface area contributed by atoms with Crippen molar-refractivity contribution in [3.8, 4) is 0 Å². The van der Waals surface area contributed by atoms with Gasteiger partial charge in [-0.15, -0.1) is 0 Å². The molecule has 0 aliphatic heterocycles. The van der Waals surface area contributed by atoms with E-state index in [4.69, 9.17) is 0 Å². The Morgan fingerprint density at radius 2 is 0.800 bits per heavy atom. The van der Waals surface area contributed by atoms with E-state index in [9.17, 15) is 0 Å². The first kappa shape index (κ1) is 78.8. The summed E-state index contributed by atoms with van der Waals surface area (Å²) < 4.78 is 0. The summed E-state index contributed by atoms with van der Waals surface area (Å²) in [5.41, 5.74) is 0. The Hall–Kier alpha value is 1.64. The Kier molecular flexibility index (Phi) is 714. The van der Waals surface area contributed by atoms with E-state index >= 15 is 0 Å². The van der Waals surface area contributed by atoms with E-state index in [1.807, 2.05) is 0 Å². The van der Waals surface area contributed by atoms with Crippen LogP contribution in [0.4, 0.5) is 0 Å². The van der Waals surface area contributed by atoms with Crippen molar-refractivity contribution in [2.45, 2.75) is 0 Å². The Bertz CT molecular complexity index is 9.61. The van der Waals surface area contributed by atoms with Gasteiger partial charge in [-0.05, 0) is 0 Å². The van der Waals surface area contributed by atoms with Crippen LogP contribution in [0.15, 0.2) is 0 Å². The molecule has 0 heterocycles. The fraction of sp³-hybridized carbons (Fsp3) is 0. The molecular weight excluding hydrogens is 292 g/mol. The molecule has 0 fully saturated rings. The van der Waals surface area contributed by atoms with Gasteiger partial charge in [0.2, 0.25) is 0 Å². The molecule has 34 valence electrons. The molecule has 0 amide bonds. The van der Waals surface area contributed by atoms with Gasteiger partial charge in [0.15, 0.2) is 0 Å². The molecule has 6 N–H and O–H groups in total. The molecule has 5 heavy (non-hydrogen) atoms. The summed E-state index contributed by atoms with van der Waals surface area (Å²) in [7, 11) is 0. The summed E-state index contributed by atoms with van der Waals surface area (Å²) in [5, 5.41) is 0. The zero-order valence-electron chi connectivity index (χ0n) is 3.33. The van der Waals surface area contributed by atoms with Crippen molar-refractivity contribution in [2.75, 3.05) is 0 Å². The Balaban J connectivity index is 0. The number of rotatable bonds is 0. The summed E-state index contributed by atoms with van der Waals surface area (Å²) in [6.07, 6.45) is 0. The van der Waals surface area contributed by atoms with Crippen LogP contribution in [0.5, 0.6) is 0 Å². The third-order valence-corrected chi connectivity index (χ3v) is 0. The molecule has 0 aromatic carbocycles. The minimum atomic E-state index is 0. The first-order valence-electron chi connectivity index (χ1n) is 0. The molecule has 0 saturated heterocycles. The quantitative estimate of drug-likeness (QED) is 0.505. The molecule has 0 bridgehead atoms. The van der Waals surface area contributed by atoms with Gasteiger partial charge >= 0.3 is 0 Å². The largest absolute Gasteiger partial charge is 0.344 e. The van der Waals surface area contributed by atoms with Gasteiger partial charge in [0.25, 0.3) is 0 Å². The van der Waals surface area contributed by atoms with Crippen LogP contribution in [0.2, 0.25) is 0 Å². The second-order valence-corrected chi connectivity index (χ2v) is 0. The van der Waals surface area contributed by atoms with Crippen LogP contribution in [0.25, 0.3) is 0 Å². The summed E-state index contributed by atoms with van der Waals surface area (Å²) in [4.78, 5) is 0. The van der Waals surface area contributed by atoms with E-state index in [0.717, 1.165) is 0 Å². The third-order valence-electron chi connectivity index (χ3n) is 0. The molecule has 1 atom stereocenters. The Labute approximate surface area is 63.2 Å². The second-order valence-electron chi connectivity index (χ2n) is 0. The van der Waals surface area contributed by atoms with Gasteiger partial charge in [-0.1, -0.05) is 0 Å². The number of hydrogen-bond acceptors (Lipinski definition) is 2. The van der Waals surface area contributed by atoms with Gasteiger partial charge in [-0.3, -0.25) is 0 Å². The van der Waals surface area contributed by atoms with Crippen molar-refractivity contribution in [3.05, 3.63) is 0 Å². The standard InChI is InChI=1S/Hg.2H3N.H3P.H2S/h;3*1H3;1H2. The smallest absolute Gasteiger partial charge is 0 e. The van der Waals surface area contributed by atoms with E-state index in [1.165, 1.54) is 0 Å². The molecule has 0 spiro atoms. The zero-order chi connectivity index (χ0) is 0. The zero-order valence-corrected chi connectivity index (χ0v) is 11.2. The molecule has 2 nitrogen and oxygen atoms in total. The maximum Gasteiger partial charge on any atom is 0 e. The van der Waals surface area contributed by atoms with E-state index in [1.54, 1.807) is 0 Å². The molecule has 0 aliphatic rings. The second kappa shape index (κ2) is 45.3. The van der Waals surface area contributed by atoms with E-state index in [-0.39, 0.29) is 63.4 Å². The monoisotopic (exact) mass is 304 g/mol. The van der Waals surface area contributed by atoms with Crippen LogP contribution in [0, 0.1) is 0 Å². The van der Waals surface area contributed by atoms with Crippen LogP contribution in [0.1, 0.15) is 0 Å². The molecule has 0 aromatic rings. The summed E-state index contributed by atoms with van der Waals surface area (Å²) in [6.45, 7) is 0. The first-order chi connectivity index (χ1) is 0. The van der Waals surface area contributed by atoms with Crippen LogP contribution < -0.4 is 12.3 Å². The van der Waals surface area contributed by atoms with Crippen LogP contribution >= 0.6 is 23.4 Å². The van der Waals surface area contributed by atoms with Crippen molar-refractivity contribution in [1.82, 2.24) is 12.3 Å². The van der Waals surface area contributed by atoms with Crippen LogP contribution in [-0.2, 0) is 27.7 Å². The Morgan fingerprint density at radius 3 is 0.800 bits per heavy atom.